The van der Waals surface area contributed by atoms with Crippen molar-refractivity contribution < 1.29 is 18.0 Å². The number of thiazole rings is 1. The molecule has 1 atom stereocenters. The maximum Gasteiger partial charge on any atom is 0.434 e. The number of carbonyl (C=O) groups is 1. The van der Waals surface area contributed by atoms with E-state index >= 15 is 0 Å². The van der Waals surface area contributed by atoms with Crippen LogP contribution in [0.4, 0.5) is 13.2 Å². The molecule has 0 aliphatic heterocycles. The number of amides is 1. The van der Waals surface area contributed by atoms with Crippen LogP contribution in [0, 0.1) is 5.92 Å². The quantitative estimate of drug-likeness (QED) is 0.839. The molecule has 0 saturated carbocycles. The third kappa shape index (κ3) is 5.15. The number of halogens is 3. The molecule has 0 aliphatic rings. The highest BCUT2D eigenvalue weighted by Crippen LogP contribution is 2.29. The first-order chi connectivity index (χ1) is 8.84. The second-order valence-corrected chi connectivity index (χ2v) is 5.07. The van der Waals surface area contributed by atoms with Gasteiger partial charge in [-0.3, -0.25) is 4.79 Å². The van der Waals surface area contributed by atoms with E-state index in [-0.39, 0.29) is 18.4 Å². The number of hydrogen-bond donors (Lipinski definition) is 2. The highest BCUT2D eigenvalue weighted by atomic mass is 32.1. The Labute approximate surface area is 113 Å². The summed E-state index contributed by atoms with van der Waals surface area (Å²) in [5.41, 5.74) is -0.873. The molecule has 0 saturated heterocycles. The van der Waals surface area contributed by atoms with Crippen LogP contribution < -0.4 is 10.6 Å². The summed E-state index contributed by atoms with van der Waals surface area (Å²) in [5, 5.41) is 6.91. The van der Waals surface area contributed by atoms with Gasteiger partial charge in [0.25, 0.3) is 0 Å². The first-order valence-corrected chi connectivity index (χ1v) is 6.66. The molecule has 1 heterocycles. The molecule has 1 amide bonds. The number of alkyl halides is 3. The molecule has 1 aromatic rings. The lowest BCUT2D eigenvalue weighted by Crippen LogP contribution is -2.35. The molecule has 0 aliphatic carbocycles. The van der Waals surface area contributed by atoms with Crippen LogP contribution in [0.1, 0.15) is 17.6 Å². The number of hydrogen-bond acceptors (Lipinski definition) is 4. The number of carbonyl (C=O) groups excluding carboxylic acids is 1. The third-order valence-corrected chi connectivity index (χ3v) is 3.35. The first kappa shape index (κ1) is 15.9. The van der Waals surface area contributed by atoms with Crippen molar-refractivity contribution in [1.82, 2.24) is 15.6 Å². The van der Waals surface area contributed by atoms with Crippen LogP contribution in [0.25, 0.3) is 0 Å². The molecule has 1 rings (SSSR count). The molecule has 1 unspecified atom stereocenters. The molecule has 4 nitrogen and oxygen atoms in total. The van der Waals surface area contributed by atoms with Crippen LogP contribution >= 0.6 is 11.3 Å². The Bertz CT molecular complexity index is 420. The highest BCUT2D eigenvalue weighted by molar-refractivity contribution is 7.09. The van der Waals surface area contributed by atoms with Gasteiger partial charge in [0.05, 0.1) is 5.01 Å². The average molecular weight is 295 g/mol. The standard InChI is InChI=1S/C11H16F3N3OS/c1-7(5-15-2)10(18)16-4-3-9-17-8(6-19-9)11(12,13)14/h6-7,15H,3-5H2,1-2H3,(H,16,18). The molecule has 108 valence electrons. The molecule has 0 bridgehead atoms. The zero-order valence-electron chi connectivity index (χ0n) is 10.7. The van der Waals surface area contributed by atoms with Gasteiger partial charge in [-0.15, -0.1) is 11.3 Å². The van der Waals surface area contributed by atoms with E-state index in [9.17, 15) is 18.0 Å². The zero-order chi connectivity index (χ0) is 14.5. The molecular formula is C11H16F3N3OS. The Morgan fingerprint density at radius 2 is 2.21 bits per heavy atom. The van der Waals surface area contributed by atoms with Crippen molar-refractivity contribution in [2.24, 2.45) is 5.92 Å². The Balaban J connectivity index is 2.37. The summed E-state index contributed by atoms with van der Waals surface area (Å²) in [7, 11) is 1.75. The van der Waals surface area contributed by atoms with E-state index in [2.05, 4.69) is 15.6 Å². The van der Waals surface area contributed by atoms with Gasteiger partial charge in [0.2, 0.25) is 5.91 Å². The van der Waals surface area contributed by atoms with E-state index in [4.69, 9.17) is 0 Å². The van der Waals surface area contributed by atoms with E-state index in [0.29, 0.717) is 18.0 Å². The number of rotatable bonds is 6. The molecule has 2 N–H and O–H groups in total. The van der Waals surface area contributed by atoms with Crippen molar-refractivity contribution in [2.75, 3.05) is 20.1 Å². The second-order valence-electron chi connectivity index (χ2n) is 4.12. The average Bonchev–Trinajstić information content (AvgIpc) is 2.77. The maximum absolute atomic E-state index is 12.3. The summed E-state index contributed by atoms with van der Waals surface area (Å²) in [6, 6.07) is 0. The second kappa shape index (κ2) is 6.85. The van der Waals surface area contributed by atoms with Crippen LogP contribution in [0.5, 0.6) is 0 Å². The van der Waals surface area contributed by atoms with E-state index in [1.807, 2.05) is 0 Å². The van der Waals surface area contributed by atoms with Gasteiger partial charge in [-0.2, -0.15) is 13.2 Å². The van der Waals surface area contributed by atoms with E-state index in [1.54, 1.807) is 14.0 Å². The number of nitrogens with zero attached hydrogens (tertiary/aromatic N) is 1. The minimum Gasteiger partial charge on any atom is -0.355 e. The summed E-state index contributed by atoms with van der Waals surface area (Å²) in [5.74, 6) is -0.297. The van der Waals surface area contributed by atoms with Crippen LogP contribution in [0.3, 0.4) is 0 Å². The largest absolute Gasteiger partial charge is 0.434 e. The van der Waals surface area contributed by atoms with Gasteiger partial charge >= 0.3 is 6.18 Å². The van der Waals surface area contributed by atoms with Crippen molar-refractivity contribution in [3.05, 3.63) is 16.1 Å². The van der Waals surface area contributed by atoms with Crippen molar-refractivity contribution >= 4 is 17.2 Å². The Kier molecular flexibility index (Phi) is 5.74. The maximum atomic E-state index is 12.3. The summed E-state index contributed by atoms with van der Waals surface area (Å²) in [6.07, 6.45) is -4.10. The zero-order valence-corrected chi connectivity index (χ0v) is 11.5. The Morgan fingerprint density at radius 3 is 2.74 bits per heavy atom. The van der Waals surface area contributed by atoms with Crippen molar-refractivity contribution in [2.45, 2.75) is 19.5 Å². The minimum atomic E-state index is -4.40. The van der Waals surface area contributed by atoms with Crippen molar-refractivity contribution in [3.63, 3.8) is 0 Å². The van der Waals surface area contributed by atoms with Gasteiger partial charge in [0, 0.05) is 30.8 Å². The third-order valence-electron chi connectivity index (χ3n) is 2.44. The van der Waals surface area contributed by atoms with E-state index < -0.39 is 11.9 Å². The number of aromatic nitrogens is 1. The Morgan fingerprint density at radius 1 is 1.53 bits per heavy atom. The van der Waals surface area contributed by atoms with E-state index in [1.165, 1.54) is 0 Å². The van der Waals surface area contributed by atoms with Gasteiger partial charge < -0.3 is 10.6 Å². The summed E-state index contributed by atoms with van der Waals surface area (Å²) in [4.78, 5) is 15.0. The molecule has 0 fully saturated rings. The lowest BCUT2D eigenvalue weighted by molar-refractivity contribution is -0.140. The molecular weight excluding hydrogens is 279 g/mol. The molecule has 8 heteroatoms. The smallest absolute Gasteiger partial charge is 0.355 e. The normalized spacial score (nSPS) is 13.3. The Hall–Kier alpha value is -1.15. The topological polar surface area (TPSA) is 54.0 Å². The number of nitrogens with one attached hydrogen (secondary N) is 2. The van der Waals surface area contributed by atoms with Crippen LogP contribution in [-0.4, -0.2) is 31.0 Å². The first-order valence-electron chi connectivity index (χ1n) is 5.78. The van der Waals surface area contributed by atoms with Gasteiger partial charge in [-0.1, -0.05) is 6.92 Å². The van der Waals surface area contributed by atoms with Crippen molar-refractivity contribution in [1.29, 1.82) is 0 Å². The SMILES string of the molecule is CNCC(C)C(=O)NCCc1nc(C(F)(F)F)cs1. The summed E-state index contributed by atoms with van der Waals surface area (Å²) >= 11 is 0.952. The predicted molar refractivity (Wildman–Crippen MR) is 66.9 cm³/mol. The van der Waals surface area contributed by atoms with Gasteiger partial charge in [-0.25, -0.2) is 4.98 Å². The van der Waals surface area contributed by atoms with Crippen LogP contribution in [0.2, 0.25) is 0 Å². The fraction of sp³-hybridized carbons (Fsp3) is 0.636. The fourth-order valence-electron chi connectivity index (χ4n) is 1.42. The van der Waals surface area contributed by atoms with Gasteiger partial charge in [0.15, 0.2) is 5.69 Å². The molecule has 0 spiro atoms. The lowest BCUT2D eigenvalue weighted by Gasteiger charge is -2.10. The van der Waals surface area contributed by atoms with E-state index in [0.717, 1.165) is 16.7 Å². The van der Waals surface area contributed by atoms with Crippen molar-refractivity contribution in [3.8, 4) is 0 Å². The van der Waals surface area contributed by atoms with Crippen LogP contribution in [0.15, 0.2) is 5.38 Å². The fourth-order valence-corrected chi connectivity index (χ4v) is 2.23. The monoisotopic (exact) mass is 295 g/mol. The van der Waals surface area contributed by atoms with Crippen LogP contribution in [-0.2, 0) is 17.4 Å². The molecule has 0 aromatic carbocycles. The van der Waals surface area contributed by atoms with Gasteiger partial charge in [-0.05, 0) is 7.05 Å². The predicted octanol–water partition coefficient (Wildman–Crippen LogP) is 1.68. The molecule has 0 radical (unpaired) electrons. The molecule has 19 heavy (non-hydrogen) atoms. The lowest BCUT2D eigenvalue weighted by atomic mass is 10.1. The minimum absolute atomic E-state index is 0.123. The molecule has 1 aromatic heterocycles. The summed E-state index contributed by atoms with van der Waals surface area (Å²) in [6.45, 7) is 2.62. The highest BCUT2D eigenvalue weighted by Gasteiger charge is 2.33. The summed E-state index contributed by atoms with van der Waals surface area (Å²) < 4.78 is 36.9. The van der Waals surface area contributed by atoms with Gasteiger partial charge in [0.1, 0.15) is 0 Å².